The van der Waals surface area contributed by atoms with E-state index in [0.29, 0.717) is 13.2 Å². The quantitative estimate of drug-likeness (QED) is 0.496. The summed E-state index contributed by atoms with van der Waals surface area (Å²) in [6.07, 6.45) is 0. The second-order valence-electron chi connectivity index (χ2n) is 1.54. The molecule has 64 valence electrons. The fourth-order valence-corrected chi connectivity index (χ4v) is 0.927. The fraction of sp³-hybridized carbons (Fsp3) is 0.667. The van der Waals surface area contributed by atoms with Gasteiger partial charge in [-0.1, -0.05) is 0 Å². The van der Waals surface area contributed by atoms with E-state index >= 15 is 0 Å². The van der Waals surface area contributed by atoms with Crippen molar-refractivity contribution in [3.05, 3.63) is 0 Å². The van der Waals surface area contributed by atoms with Crippen LogP contribution in [0.2, 0.25) is 0 Å². The molecule has 0 aromatic heterocycles. The summed E-state index contributed by atoms with van der Waals surface area (Å²) in [6, 6.07) is 0. The van der Waals surface area contributed by atoms with Crippen LogP contribution in [0, 0.1) is 10.8 Å². The zero-order valence-electron chi connectivity index (χ0n) is 6.64. The van der Waals surface area contributed by atoms with Crippen LogP contribution in [-0.2, 0) is 9.47 Å². The van der Waals surface area contributed by atoms with Crippen molar-refractivity contribution < 1.29 is 9.47 Å². The van der Waals surface area contributed by atoms with Crippen LogP contribution in [0.5, 0.6) is 0 Å². The lowest BCUT2D eigenvalue weighted by Gasteiger charge is -2.04. The van der Waals surface area contributed by atoms with Crippen LogP contribution >= 0.6 is 11.8 Å². The molecule has 0 heterocycles. The first kappa shape index (κ1) is 10.3. The van der Waals surface area contributed by atoms with Crippen molar-refractivity contribution in [2.24, 2.45) is 0 Å². The Hall–Kier alpha value is -0.710. The van der Waals surface area contributed by atoms with E-state index in [0.717, 1.165) is 11.8 Å². The Labute approximate surface area is 70.3 Å². The van der Waals surface area contributed by atoms with E-state index in [9.17, 15) is 0 Å². The van der Waals surface area contributed by atoms with Gasteiger partial charge in [-0.25, -0.2) is 0 Å². The third-order valence-corrected chi connectivity index (χ3v) is 1.34. The van der Waals surface area contributed by atoms with Crippen LogP contribution in [0.3, 0.4) is 0 Å². The number of hydrogen-bond acceptors (Lipinski definition) is 5. The molecule has 0 aliphatic carbocycles. The highest BCUT2D eigenvalue weighted by Crippen LogP contribution is 2.06. The van der Waals surface area contributed by atoms with Gasteiger partial charge in [-0.2, -0.15) is 0 Å². The van der Waals surface area contributed by atoms with Gasteiger partial charge in [0.05, 0.1) is 13.2 Å². The predicted molar refractivity (Wildman–Crippen MR) is 46.3 cm³/mol. The SMILES string of the molecule is CCOC(=N)SC(=N)OCC. The lowest BCUT2D eigenvalue weighted by atomic mass is 10.9. The van der Waals surface area contributed by atoms with E-state index in [4.69, 9.17) is 20.3 Å². The van der Waals surface area contributed by atoms with E-state index in [1.807, 2.05) is 0 Å². The molecule has 4 nitrogen and oxygen atoms in total. The fourth-order valence-electron chi connectivity index (χ4n) is 0.405. The molecule has 0 saturated heterocycles. The molecular formula is C6H12N2O2S. The van der Waals surface area contributed by atoms with Gasteiger partial charge in [-0.15, -0.1) is 0 Å². The molecule has 0 unspecified atom stereocenters. The second-order valence-corrected chi connectivity index (χ2v) is 2.49. The van der Waals surface area contributed by atoms with Crippen LogP contribution in [-0.4, -0.2) is 23.7 Å². The van der Waals surface area contributed by atoms with E-state index in [1.54, 1.807) is 13.8 Å². The van der Waals surface area contributed by atoms with Gasteiger partial charge < -0.3 is 9.47 Å². The van der Waals surface area contributed by atoms with E-state index < -0.39 is 0 Å². The molecule has 0 aliphatic rings. The molecule has 0 saturated carbocycles. The number of rotatable bonds is 2. The number of hydrogen-bond donors (Lipinski definition) is 2. The zero-order chi connectivity index (χ0) is 8.69. The minimum atomic E-state index is 0.00551. The lowest BCUT2D eigenvalue weighted by molar-refractivity contribution is 0.330. The Bertz CT molecular complexity index is 134. The summed E-state index contributed by atoms with van der Waals surface area (Å²) in [4.78, 5) is 0. The molecule has 0 atom stereocenters. The molecule has 0 rings (SSSR count). The molecule has 0 aromatic rings. The first-order valence-corrected chi connectivity index (χ1v) is 4.12. The van der Waals surface area contributed by atoms with Crippen molar-refractivity contribution in [2.75, 3.05) is 13.2 Å². The Kier molecular flexibility index (Phi) is 5.64. The van der Waals surface area contributed by atoms with Crippen LogP contribution in [0.1, 0.15) is 13.8 Å². The normalized spacial score (nSPS) is 8.91. The molecule has 0 aromatic carbocycles. The minimum Gasteiger partial charge on any atom is -0.473 e. The highest BCUT2D eigenvalue weighted by molar-refractivity contribution is 8.25. The van der Waals surface area contributed by atoms with Crippen LogP contribution in [0.4, 0.5) is 0 Å². The summed E-state index contributed by atoms with van der Waals surface area (Å²) in [5.41, 5.74) is 0. The second kappa shape index (κ2) is 6.03. The van der Waals surface area contributed by atoms with Gasteiger partial charge >= 0.3 is 0 Å². The van der Waals surface area contributed by atoms with Gasteiger partial charge in [0.25, 0.3) is 10.5 Å². The highest BCUT2D eigenvalue weighted by atomic mass is 32.2. The van der Waals surface area contributed by atoms with Crippen molar-refractivity contribution in [2.45, 2.75) is 13.8 Å². The topological polar surface area (TPSA) is 66.2 Å². The molecule has 11 heavy (non-hydrogen) atoms. The Balaban J connectivity index is 3.49. The molecule has 0 radical (unpaired) electrons. The van der Waals surface area contributed by atoms with Gasteiger partial charge in [0.1, 0.15) is 0 Å². The summed E-state index contributed by atoms with van der Waals surface area (Å²) in [5, 5.41) is 14.2. The molecule has 0 fully saturated rings. The van der Waals surface area contributed by atoms with E-state index in [-0.39, 0.29) is 10.5 Å². The van der Waals surface area contributed by atoms with Gasteiger partial charge in [-0.05, 0) is 13.8 Å². The third kappa shape index (κ3) is 5.72. The molecule has 0 bridgehead atoms. The van der Waals surface area contributed by atoms with Crippen LogP contribution in [0.15, 0.2) is 0 Å². The van der Waals surface area contributed by atoms with Gasteiger partial charge in [0, 0.05) is 11.8 Å². The molecule has 0 amide bonds. The maximum absolute atomic E-state index is 7.12. The molecule has 2 N–H and O–H groups in total. The zero-order valence-corrected chi connectivity index (χ0v) is 7.46. The van der Waals surface area contributed by atoms with Crippen LogP contribution < -0.4 is 0 Å². The summed E-state index contributed by atoms with van der Waals surface area (Å²) in [7, 11) is 0. The minimum absolute atomic E-state index is 0.00551. The maximum atomic E-state index is 7.12. The summed E-state index contributed by atoms with van der Waals surface area (Å²) in [6.45, 7) is 4.48. The monoisotopic (exact) mass is 176 g/mol. The summed E-state index contributed by atoms with van der Waals surface area (Å²) >= 11 is 0.871. The highest BCUT2D eigenvalue weighted by Gasteiger charge is 2.03. The van der Waals surface area contributed by atoms with Crippen molar-refractivity contribution in [3.8, 4) is 0 Å². The van der Waals surface area contributed by atoms with Gasteiger partial charge in [0.15, 0.2) is 0 Å². The van der Waals surface area contributed by atoms with Gasteiger partial charge in [-0.3, -0.25) is 10.8 Å². The average Bonchev–Trinajstić information content (AvgIpc) is 1.87. The van der Waals surface area contributed by atoms with Crippen molar-refractivity contribution in [1.82, 2.24) is 0 Å². The smallest absolute Gasteiger partial charge is 0.252 e. The Morgan fingerprint density at radius 3 is 1.73 bits per heavy atom. The van der Waals surface area contributed by atoms with Crippen molar-refractivity contribution in [3.63, 3.8) is 0 Å². The number of ether oxygens (including phenoxy) is 2. The van der Waals surface area contributed by atoms with Crippen molar-refractivity contribution in [1.29, 1.82) is 10.8 Å². The molecular weight excluding hydrogens is 164 g/mol. The summed E-state index contributed by atoms with van der Waals surface area (Å²) < 4.78 is 9.57. The van der Waals surface area contributed by atoms with Gasteiger partial charge in [0.2, 0.25) is 0 Å². The van der Waals surface area contributed by atoms with Crippen LogP contribution in [0.25, 0.3) is 0 Å². The molecule has 0 aliphatic heterocycles. The largest absolute Gasteiger partial charge is 0.473 e. The summed E-state index contributed by atoms with van der Waals surface area (Å²) in [5.74, 6) is 0. The standard InChI is InChI=1S/C6H12N2O2S/c1-3-9-5(7)11-6(8)10-4-2/h7-8H,3-4H2,1-2H3. The maximum Gasteiger partial charge on any atom is 0.252 e. The van der Waals surface area contributed by atoms with E-state index in [1.165, 1.54) is 0 Å². The first-order chi connectivity index (χ1) is 5.20. The number of thioether (sulfide) groups is 1. The average molecular weight is 176 g/mol. The first-order valence-electron chi connectivity index (χ1n) is 3.31. The Morgan fingerprint density at radius 1 is 1.09 bits per heavy atom. The lowest BCUT2D eigenvalue weighted by Crippen LogP contribution is -2.05. The number of nitrogens with one attached hydrogen (secondary N) is 2. The molecule has 0 spiro atoms. The molecule has 5 heteroatoms. The predicted octanol–water partition coefficient (Wildman–Crippen LogP) is 1.66. The van der Waals surface area contributed by atoms with Crippen molar-refractivity contribution >= 4 is 22.2 Å². The Morgan fingerprint density at radius 2 is 1.45 bits per heavy atom. The third-order valence-electron chi connectivity index (χ3n) is 0.736. The van der Waals surface area contributed by atoms with E-state index in [2.05, 4.69) is 0 Å².